The summed E-state index contributed by atoms with van der Waals surface area (Å²) < 4.78 is 0. The van der Waals surface area contributed by atoms with Crippen molar-refractivity contribution >= 4 is 17.8 Å². The van der Waals surface area contributed by atoms with Gasteiger partial charge in [0.1, 0.15) is 0 Å². The van der Waals surface area contributed by atoms with Crippen molar-refractivity contribution in [3.63, 3.8) is 0 Å². The molecule has 0 amide bonds. The lowest BCUT2D eigenvalue weighted by molar-refractivity contribution is 0.733. The lowest BCUT2D eigenvalue weighted by Gasteiger charge is -2.22. The number of hydrogen-bond donors (Lipinski definition) is 2. The molecule has 0 fully saturated rings. The Labute approximate surface area is 133 Å². The van der Waals surface area contributed by atoms with Crippen molar-refractivity contribution in [1.82, 2.24) is 24.9 Å². The second-order valence-electron chi connectivity index (χ2n) is 4.85. The van der Waals surface area contributed by atoms with Gasteiger partial charge < -0.3 is 16.4 Å². The Morgan fingerprint density at radius 1 is 0.739 bits per heavy atom. The molecule has 0 bridgehead atoms. The molecule has 0 saturated heterocycles. The first kappa shape index (κ1) is 14.6. The highest BCUT2D eigenvalue weighted by Gasteiger charge is 2.14. The van der Waals surface area contributed by atoms with Crippen molar-refractivity contribution in [2.45, 2.75) is 13.1 Å². The van der Waals surface area contributed by atoms with Crippen LogP contribution in [0.3, 0.4) is 0 Å². The zero-order valence-electron chi connectivity index (χ0n) is 12.4. The molecular weight excluding hydrogens is 292 g/mol. The van der Waals surface area contributed by atoms with E-state index in [2.05, 4.69) is 24.9 Å². The van der Waals surface area contributed by atoms with E-state index in [-0.39, 0.29) is 11.9 Å². The van der Waals surface area contributed by atoms with Crippen LogP contribution in [-0.2, 0) is 13.1 Å². The molecule has 0 atom stereocenters. The summed E-state index contributed by atoms with van der Waals surface area (Å²) in [6.45, 7) is 1.00. The molecule has 3 rings (SSSR count). The van der Waals surface area contributed by atoms with E-state index in [1.54, 1.807) is 12.4 Å². The summed E-state index contributed by atoms with van der Waals surface area (Å²) in [6, 6.07) is 11.4. The summed E-state index contributed by atoms with van der Waals surface area (Å²) in [5.41, 5.74) is 13.1. The van der Waals surface area contributed by atoms with Crippen LogP contribution in [0.1, 0.15) is 11.4 Å². The fraction of sp³-hybridized carbons (Fsp3) is 0.133. The number of rotatable bonds is 5. The number of hydrogen-bond acceptors (Lipinski definition) is 8. The molecule has 8 heteroatoms. The van der Waals surface area contributed by atoms with Crippen LogP contribution >= 0.6 is 0 Å². The number of nitrogens with two attached hydrogens (primary N) is 2. The Hall–Kier alpha value is -3.29. The third-order valence-electron chi connectivity index (χ3n) is 3.10. The van der Waals surface area contributed by atoms with Gasteiger partial charge in [0.15, 0.2) is 0 Å². The van der Waals surface area contributed by atoms with E-state index in [9.17, 15) is 0 Å². The average molecular weight is 308 g/mol. The van der Waals surface area contributed by atoms with Gasteiger partial charge >= 0.3 is 0 Å². The molecule has 3 aromatic rings. The fourth-order valence-electron chi connectivity index (χ4n) is 2.11. The normalized spacial score (nSPS) is 10.4. The molecule has 23 heavy (non-hydrogen) atoms. The monoisotopic (exact) mass is 308 g/mol. The van der Waals surface area contributed by atoms with Crippen LogP contribution in [-0.4, -0.2) is 24.9 Å². The summed E-state index contributed by atoms with van der Waals surface area (Å²) in [6.07, 6.45) is 3.48. The number of aromatic nitrogens is 5. The van der Waals surface area contributed by atoms with Gasteiger partial charge in [-0.25, -0.2) is 0 Å². The van der Waals surface area contributed by atoms with Crippen LogP contribution in [0.15, 0.2) is 48.8 Å². The lowest BCUT2D eigenvalue weighted by Crippen LogP contribution is -2.26. The van der Waals surface area contributed by atoms with E-state index in [0.717, 1.165) is 11.4 Å². The van der Waals surface area contributed by atoms with Crippen molar-refractivity contribution in [3.8, 4) is 0 Å². The van der Waals surface area contributed by atoms with Crippen LogP contribution < -0.4 is 16.4 Å². The minimum atomic E-state index is 0.0829. The van der Waals surface area contributed by atoms with Crippen LogP contribution in [0.2, 0.25) is 0 Å². The quantitative estimate of drug-likeness (QED) is 0.717. The summed E-state index contributed by atoms with van der Waals surface area (Å²) in [5, 5.41) is 0. The first-order chi connectivity index (χ1) is 11.2. The number of pyridine rings is 2. The summed E-state index contributed by atoms with van der Waals surface area (Å²) in [7, 11) is 0. The second-order valence-corrected chi connectivity index (χ2v) is 4.85. The topological polar surface area (TPSA) is 120 Å². The Bertz CT molecular complexity index is 701. The molecule has 4 N–H and O–H groups in total. The molecule has 116 valence electrons. The highest BCUT2D eigenvalue weighted by atomic mass is 15.3. The third-order valence-corrected chi connectivity index (χ3v) is 3.10. The predicted molar refractivity (Wildman–Crippen MR) is 87.0 cm³/mol. The van der Waals surface area contributed by atoms with E-state index in [1.807, 2.05) is 41.3 Å². The van der Waals surface area contributed by atoms with Gasteiger partial charge in [0.05, 0.1) is 24.5 Å². The van der Waals surface area contributed by atoms with Crippen LogP contribution in [0.5, 0.6) is 0 Å². The Balaban J connectivity index is 1.92. The van der Waals surface area contributed by atoms with Crippen LogP contribution in [0.25, 0.3) is 0 Å². The van der Waals surface area contributed by atoms with E-state index >= 15 is 0 Å². The zero-order valence-corrected chi connectivity index (χ0v) is 12.4. The van der Waals surface area contributed by atoms with Crippen molar-refractivity contribution < 1.29 is 0 Å². The van der Waals surface area contributed by atoms with E-state index in [4.69, 9.17) is 11.5 Å². The Morgan fingerprint density at radius 2 is 1.26 bits per heavy atom. The molecule has 0 aliphatic carbocycles. The minimum absolute atomic E-state index is 0.0829. The van der Waals surface area contributed by atoms with Crippen LogP contribution in [0.4, 0.5) is 17.8 Å². The van der Waals surface area contributed by atoms with Gasteiger partial charge in [-0.15, -0.1) is 0 Å². The van der Waals surface area contributed by atoms with Gasteiger partial charge in [-0.3, -0.25) is 9.97 Å². The minimum Gasteiger partial charge on any atom is -0.368 e. The van der Waals surface area contributed by atoms with Gasteiger partial charge in [0.2, 0.25) is 17.8 Å². The fourth-order valence-corrected chi connectivity index (χ4v) is 2.11. The SMILES string of the molecule is Nc1nc(N)nc(N(Cc2ccccn2)Cc2ccccn2)n1. The molecule has 0 radical (unpaired) electrons. The van der Waals surface area contributed by atoms with Gasteiger partial charge in [0.25, 0.3) is 0 Å². The first-order valence-corrected chi connectivity index (χ1v) is 7.02. The van der Waals surface area contributed by atoms with Gasteiger partial charge in [-0.05, 0) is 24.3 Å². The highest BCUT2D eigenvalue weighted by Crippen LogP contribution is 2.16. The summed E-state index contributed by atoms with van der Waals surface area (Å²) in [5.74, 6) is 0.561. The van der Waals surface area contributed by atoms with Crippen molar-refractivity contribution in [2.75, 3.05) is 16.4 Å². The second kappa shape index (κ2) is 6.65. The molecule has 0 saturated carbocycles. The molecule has 0 aliphatic heterocycles. The van der Waals surface area contributed by atoms with Crippen molar-refractivity contribution in [3.05, 3.63) is 60.2 Å². The molecule has 0 spiro atoms. The van der Waals surface area contributed by atoms with Crippen molar-refractivity contribution in [2.24, 2.45) is 0 Å². The smallest absolute Gasteiger partial charge is 0.232 e. The predicted octanol–water partition coefficient (Wildman–Crippen LogP) is 1.03. The maximum atomic E-state index is 5.68. The van der Waals surface area contributed by atoms with Gasteiger partial charge in [0, 0.05) is 12.4 Å². The molecule has 0 unspecified atom stereocenters. The number of anilines is 3. The average Bonchev–Trinajstić information content (AvgIpc) is 2.55. The maximum absolute atomic E-state index is 5.68. The van der Waals surface area contributed by atoms with Crippen molar-refractivity contribution in [1.29, 1.82) is 0 Å². The molecule has 0 aliphatic rings. The molecule has 8 nitrogen and oxygen atoms in total. The zero-order chi connectivity index (χ0) is 16.1. The highest BCUT2D eigenvalue weighted by molar-refractivity contribution is 5.40. The molecule has 0 aromatic carbocycles. The van der Waals surface area contributed by atoms with E-state index < -0.39 is 0 Å². The standard InChI is InChI=1S/C15H16N8/c16-13-20-14(17)22-15(21-13)23(9-11-5-1-3-7-18-11)10-12-6-2-4-8-19-12/h1-8H,9-10H2,(H4,16,17,20,21,22). The molecule has 3 aromatic heterocycles. The molecular formula is C15H16N8. The lowest BCUT2D eigenvalue weighted by atomic mass is 10.3. The number of nitrogens with zero attached hydrogens (tertiary/aromatic N) is 6. The Kier molecular flexibility index (Phi) is 4.23. The third kappa shape index (κ3) is 3.88. The maximum Gasteiger partial charge on any atom is 0.232 e. The summed E-state index contributed by atoms with van der Waals surface area (Å²) in [4.78, 5) is 22.7. The summed E-state index contributed by atoms with van der Waals surface area (Å²) >= 11 is 0. The first-order valence-electron chi connectivity index (χ1n) is 7.02. The van der Waals surface area contributed by atoms with Gasteiger partial charge in [-0.1, -0.05) is 12.1 Å². The van der Waals surface area contributed by atoms with Crippen LogP contribution in [0, 0.1) is 0 Å². The number of nitrogen functional groups attached to an aromatic ring is 2. The van der Waals surface area contributed by atoms with E-state index in [1.165, 1.54) is 0 Å². The molecule has 3 heterocycles. The largest absolute Gasteiger partial charge is 0.368 e. The Morgan fingerprint density at radius 3 is 1.70 bits per heavy atom. The van der Waals surface area contributed by atoms with Gasteiger partial charge in [-0.2, -0.15) is 15.0 Å². The van der Waals surface area contributed by atoms with E-state index in [0.29, 0.717) is 19.0 Å².